The second-order valence-corrected chi connectivity index (χ2v) is 6.76. The molecule has 0 aromatic heterocycles. The Bertz CT molecular complexity index is 455. The summed E-state index contributed by atoms with van der Waals surface area (Å²) < 4.78 is 5.86. The number of nitrogens with one attached hydrogen (secondary N) is 2. The van der Waals surface area contributed by atoms with Crippen LogP contribution in [-0.4, -0.2) is 36.4 Å². The van der Waals surface area contributed by atoms with Crippen LogP contribution in [0.25, 0.3) is 0 Å². The van der Waals surface area contributed by atoms with E-state index in [1.54, 1.807) is 0 Å². The van der Waals surface area contributed by atoms with Crippen LogP contribution in [0, 0.1) is 0 Å². The third kappa shape index (κ3) is 5.21. The molecule has 1 aliphatic rings. The summed E-state index contributed by atoms with van der Waals surface area (Å²) in [6, 6.07) is 6.10. The number of aliphatic hydroxyl groups is 1. The number of aliphatic hydroxyl groups excluding tert-OH is 1. The molecule has 0 aliphatic carbocycles. The topological polar surface area (TPSA) is 53.5 Å². The van der Waals surface area contributed by atoms with Crippen LogP contribution in [0.1, 0.15) is 39.2 Å². The van der Waals surface area contributed by atoms with Gasteiger partial charge in [-0.2, -0.15) is 0 Å². The third-order valence-corrected chi connectivity index (χ3v) is 3.60. The van der Waals surface area contributed by atoms with Crippen molar-refractivity contribution in [1.29, 1.82) is 0 Å². The smallest absolute Gasteiger partial charge is 0.124 e. The van der Waals surface area contributed by atoms with Crippen molar-refractivity contribution in [2.75, 3.05) is 25.0 Å². The zero-order valence-corrected chi connectivity index (χ0v) is 13.4. The number of ether oxygens (including phenoxy) is 1. The van der Waals surface area contributed by atoms with Crippen LogP contribution >= 0.6 is 0 Å². The van der Waals surface area contributed by atoms with Crippen LogP contribution < -0.4 is 15.4 Å². The molecule has 0 saturated heterocycles. The van der Waals surface area contributed by atoms with Crippen molar-refractivity contribution in [3.8, 4) is 5.75 Å². The van der Waals surface area contributed by atoms with E-state index in [0.717, 1.165) is 18.7 Å². The zero-order valence-electron chi connectivity index (χ0n) is 13.4. The molecule has 4 heteroatoms. The van der Waals surface area contributed by atoms with Crippen LogP contribution in [0.2, 0.25) is 0 Å². The van der Waals surface area contributed by atoms with Crippen molar-refractivity contribution >= 4 is 5.69 Å². The quantitative estimate of drug-likeness (QED) is 0.781. The number of hydrogen-bond acceptors (Lipinski definition) is 4. The lowest BCUT2D eigenvalue weighted by atomic mass is 10.1. The lowest BCUT2D eigenvalue weighted by Crippen LogP contribution is -2.42. The highest BCUT2D eigenvalue weighted by atomic mass is 16.5. The summed E-state index contributed by atoms with van der Waals surface area (Å²) in [4.78, 5) is 0. The van der Waals surface area contributed by atoms with Crippen LogP contribution in [0.15, 0.2) is 18.2 Å². The van der Waals surface area contributed by atoms with E-state index in [2.05, 4.69) is 37.5 Å². The summed E-state index contributed by atoms with van der Waals surface area (Å²) in [5.74, 6) is 0.900. The van der Waals surface area contributed by atoms with Gasteiger partial charge in [0.1, 0.15) is 18.5 Å². The van der Waals surface area contributed by atoms with E-state index in [4.69, 9.17) is 4.74 Å². The summed E-state index contributed by atoms with van der Waals surface area (Å²) in [5, 5.41) is 16.8. The van der Waals surface area contributed by atoms with Gasteiger partial charge in [-0.3, -0.25) is 0 Å². The highest BCUT2D eigenvalue weighted by Crippen LogP contribution is 2.30. The van der Waals surface area contributed by atoms with Crippen molar-refractivity contribution in [3.05, 3.63) is 23.8 Å². The number of hydrogen-bond donors (Lipinski definition) is 3. The fourth-order valence-corrected chi connectivity index (χ4v) is 2.44. The normalized spacial score (nSPS) is 16.6. The Morgan fingerprint density at radius 2 is 2.14 bits per heavy atom. The van der Waals surface area contributed by atoms with E-state index in [1.165, 1.54) is 24.1 Å². The van der Waals surface area contributed by atoms with Gasteiger partial charge in [0, 0.05) is 29.9 Å². The number of benzene rings is 1. The van der Waals surface area contributed by atoms with Gasteiger partial charge in [0.2, 0.25) is 0 Å². The molecule has 1 aromatic rings. The van der Waals surface area contributed by atoms with Gasteiger partial charge in [0.05, 0.1) is 0 Å². The van der Waals surface area contributed by atoms with Gasteiger partial charge in [-0.25, -0.2) is 0 Å². The molecule has 0 amide bonds. The summed E-state index contributed by atoms with van der Waals surface area (Å²) in [6.07, 6.45) is 2.90. The monoisotopic (exact) mass is 292 g/mol. The molecule has 0 fully saturated rings. The van der Waals surface area contributed by atoms with Gasteiger partial charge in [-0.1, -0.05) is 6.07 Å². The van der Waals surface area contributed by atoms with Crippen molar-refractivity contribution in [1.82, 2.24) is 5.32 Å². The highest BCUT2D eigenvalue weighted by Gasteiger charge is 2.15. The second kappa shape index (κ2) is 7.14. The fourth-order valence-electron chi connectivity index (χ4n) is 2.44. The maximum Gasteiger partial charge on any atom is 0.124 e. The number of β-amino-alcohol motifs (C(OH)–C–C–N with tert-alkyl or cyclic N) is 1. The van der Waals surface area contributed by atoms with Crippen molar-refractivity contribution < 1.29 is 9.84 Å². The first-order valence-corrected chi connectivity index (χ1v) is 7.87. The second-order valence-electron chi connectivity index (χ2n) is 6.76. The summed E-state index contributed by atoms with van der Waals surface area (Å²) in [5.41, 5.74) is 2.42. The fraction of sp³-hybridized carbons (Fsp3) is 0.647. The van der Waals surface area contributed by atoms with Crippen molar-refractivity contribution in [3.63, 3.8) is 0 Å². The van der Waals surface area contributed by atoms with E-state index in [-0.39, 0.29) is 5.54 Å². The van der Waals surface area contributed by atoms with Gasteiger partial charge < -0.3 is 20.5 Å². The SMILES string of the molecule is CC(C)(C)NCC(O)COc1cccc2c1CCCCN2. The zero-order chi connectivity index (χ0) is 15.3. The van der Waals surface area contributed by atoms with E-state index in [9.17, 15) is 5.11 Å². The van der Waals surface area contributed by atoms with Gasteiger partial charge in [-0.05, 0) is 52.2 Å². The minimum atomic E-state index is -0.501. The lowest BCUT2D eigenvalue weighted by Gasteiger charge is -2.23. The third-order valence-electron chi connectivity index (χ3n) is 3.60. The van der Waals surface area contributed by atoms with E-state index in [0.29, 0.717) is 13.2 Å². The molecule has 118 valence electrons. The first kappa shape index (κ1) is 16.1. The summed E-state index contributed by atoms with van der Waals surface area (Å²) in [6.45, 7) is 8.14. The Morgan fingerprint density at radius 3 is 2.90 bits per heavy atom. The van der Waals surface area contributed by atoms with Crippen LogP contribution in [0.5, 0.6) is 5.75 Å². The Labute approximate surface area is 127 Å². The predicted molar refractivity (Wildman–Crippen MR) is 87.1 cm³/mol. The maximum atomic E-state index is 10.0. The van der Waals surface area contributed by atoms with E-state index < -0.39 is 6.10 Å². The van der Waals surface area contributed by atoms with Crippen LogP contribution in [-0.2, 0) is 6.42 Å². The molecule has 4 nitrogen and oxygen atoms in total. The molecule has 0 radical (unpaired) electrons. The highest BCUT2D eigenvalue weighted by molar-refractivity contribution is 5.58. The number of anilines is 1. The van der Waals surface area contributed by atoms with E-state index >= 15 is 0 Å². The molecule has 3 N–H and O–H groups in total. The largest absolute Gasteiger partial charge is 0.490 e. The maximum absolute atomic E-state index is 10.0. The Hall–Kier alpha value is -1.26. The molecular weight excluding hydrogens is 264 g/mol. The molecule has 0 bridgehead atoms. The number of fused-ring (bicyclic) bond motifs is 1. The van der Waals surface area contributed by atoms with Crippen LogP contribution in [0.4, 0.5) is 5.69 Å². The van der Waals surface area contributed by atoms with E-state index in [1.807, 2.05) is 12.1 Å². The molecule has 21 heavy (non-hydrogen) atoms. The minimum Gasteiger partial charge on any atom is -0.490 e. The standard InChI is InChI=1S/C17H28N2O2/c1-17(2,3)19-11-13(20)12-21-16-9-6-8-15-14(16)7-4-5-10-18-15/h6,8-9,13,18-20H,4-5,7,10-12H2,1-3H3. The van der Waals surface area contributed by atoms with Gasteiger partial charge >= 0.3 is 0 Å². The summed E-state index contributed by atoms with van der Waals surface area (Å²) >= 11 is 0. The molecule has 1 atom stereocenters. The first-order valence-electron chi connectivity index (χ1n) is 7.87. The number of rotatable bonds is 5. The Kier molecular flexibility index (Phi) is 5.48. The average molecular weight is 292 g/mol. The average Bonchev–Trinajstić information content (AvgIpc) is 2.67. The molecular formula is C17H28N2O2. The molecule has 1 heterocycles. The van der Waals surface area contributed by atoms with Gasteiger partial charge in [0.25, 0.3) is 0 Å². The van der Waals surface area contributed by atoms with Crippen LogP contribution in [0.3, 0.4) is 0 Å². The molecule has 1 aromatic carbocycles. The lowest BCUT2D eigenvalue weighted by molar-refractivity contribution is 0.0996. The molecule has 1 aliphatic heterocycles. The van der Waals surface area contributed by atoms with Crippen molar-refractivity contribution in [2.45, 2.75) is 51.7 Å². The van der Waals surface area contributed by atoms with Crippen molar-refractivity contribution in [2.24, 2.45) is 0 Å². The van der Waals surface area contributed by atoms with Gasteiger partial charge in [-0.15, -0.1) is 0 Å². The predicted octanol–water partition coefficient (Wildman–Crippen LogP) is 2.56. The Morgan fingerprint density at radius 1 is 1.33 bits per heavy atom. The summed E-state index contributed by atoms with van der Waals surface area (Å²) in [7, 11) is 0. The molecule has 2 rings (SSSR count). The van der Waals surface area contributed by atoms with Gasteiger partial charge in [0.15, 0.2) is 0 Å². The Balaban J connectivity index is 1.91. The molecule has 0 spiro atoms. The first-order chi connectivity index (χ1) is 9.96. The minimum absolute atomic E-state index is 0.00866. The molecule has 1 unspecified atom stereocenters. The molecule has 0 saturated carbocycles.